The van der Waals surface area contributed by atoms with Gasteiger partial charge in [-0.15, -0.1) is 0 Å². The number of halogens is 1. The summed E-state index contributed by atoms with van der Waals surface area (Å²) in [5.74, 6) is 0. The minimum Gasteiger partial charge on any atom is -0.434 e. The topological polar surface area (TPSA) is 38.9 Å². The molecule has 0 aliphatic heterocycles. The van der Waals surface area contributed by atoms with Gasteiger partial charge in [0.2, 0.25) is 5.71 Å². The van der Waals surface area contributed by atoms with Crippen molar-refractivity contribution in [2.75, 3.05) is 0 Å². The molecule has 0 N–H and O–H groups in total. The SMILES string of the molecule is Clc1ccnc2c1oc1ncccc12. The summed E-state index contributed by atoms with van der Waals surface area (Å²) in [5.41, 5.74) is 1.94. The Hall–Kier alpha value is -1.61. The second-order valence-electron chi connectivity index (χ2n) is 2.93. The fourth-order valence-corrected chi connectivity index (χ4v) is 1.65. The lowest BCUT2D eigenvalue weighted by molar-refractivity contribution is 0.653. The van der Waals surface area contributed by atoms with Crippen LogP contribution < -0.4 is 0 Å². The second kappa shape index (κ2) is 2.69. The van der Waals surface area contributed by atoms with Crippen molar-refractivity contribution in [3.63, 3.8) is 0 Å². The first kappa shape index (κ1) is 7.76. The number of hydrogen-bond donors (Lipinski definition) is 0. The standard InChI is InChI=1S/C10H5ClN2O/c11-7-3-5-12-8-6-2-1-4-13-10(6)14-9(7)8/h1-5H. The molecule has 68 valence electrons. The molecule has 0 radical (unpaired) electrons. The van der Waals surface area contributed by atoms with Gasteiger partial charge in [0, 0.05) is 12.4 Å². The predicted molar refractivity (Wildman–Crippen MR) is 54.3 cm³/mol. The van der Waals surface area contributed by atoms with Crippen LogP contribution in [0.5, 0.6) is 0 Å². The lowest BCUT2D eigenvalue weighted by Crippen LogP contribution is -1.73. The molecular weight excluding hydrogens is 200 g/mol. The van der Waals surface area contributed by atoms with E-state index in [1.807, 2.05) is 12.1 Å². The third-order valence-corrected chi connectivity index (χ3v) is 2.38. The molecule has 0 saturated carbocycles. The summed E-state index contributed by atoms with van der Waals surface area (Å²) in [6, 6.07) is 5.46. The molecule has 3 aromatic heterocycles. The average Bonchev–Trinajstić information content (AvgIpc) is 2.59. The molecule has 3 heterocycles. The van der Waals surface area contributed by atoms with Gasteiger partial charge in [-0.1, -0.05) is 11.6 Å². The van der Waals surface area contributed by atoms with E-state index in [4.69, 9.17) is 16.0 Å². The molecule has 0 atom stereocenters. The van der Waals surface area contributed by atoms with Gasteiger partial charge in [0.1, 0.15) is 5.52 Å². The minimum absolute atomic E-state index is 0.563. The monoisotopic (exact) mass is 204 g/mol. The fourth-order valence-electron chi connectivity index (χ4n) is 1.46. The fraction of sp³-hybridized carbons (Fsp3) is 0. The summed E-state index contributed by atoms with van der Waals surface area (Å²) in [6.07, 6.45) is 3.34. The first-order valence-electron chi connectivity index (χ1n) is 4.14. The first-order valence-corrected chi connectivity index (χ1v) is 4.52. The Balaban J connectivity index is 2.63. The smallest absolute Gasteiger partial charge is 0.229 e. The van der Waals surface area contributed by atoms with E-state index in [1.54, 1.807) is 18.5 Å². The third-order valence-electron chi connectivity index (χ3n) is 2.08. The molecular formula is C10H5ClN2O. The van der Waals surface area contributed by atoms with Crippen LogP contribution in [0.15, 0.2) is 35.0 Å². The van der Waals surface area contributed by atoms with Gasteiger partial charge in [0.05, 0.1) is 10.4 Å². The van der Waals surface area contributed by atoms with Crippen LogP contribution in [0.3, 0.4) is 0 Å². The number of nitrogens with zero attached hydrogens (tertiary/aromatic N) is 2. The minimum atomic E-state index is 0.563. The van der Waals surface area contributed by atoms with E-state index in [0.29, 0.717) is 16.3 Å². The normalized spacial score (nSPS) is 11.2. The van der Waals surface area contributed by atoms with Gasteiger partial charge in [0.25, 0.3) is 0 Å². The summed E-state index contributed by atoms with van der Waals surface area (Å²) >= 11 is 5.97. The Morgan fingerprint density at radius 2 is 2.07 bits per heavy atom. The summed E-state index contributed by atoms with van der Waals surface area (Å²) in [5, 5.41) is 1.46. The van der Waals surface area contributed by atoms with Crippen LogP contribution in [-0.2, 0) is 0 Å². The second-order valence-corrected chi connectivity index (χ2v) is 3.34. The molecule has 0 aromatic carbocycles. The molecule has 0 bridgehead atoms. The van der Waals surface area contributed by atoms with Crippen LogP contribution in [0.4, 0.5) is 0 Å². The Morgan fingerprint density at radius 3 is 3.00 bits per heavy atom. The molecule has 0 fully saturated rings. The van der Waals surface area contributed by atoms with Crippen LogP contribution >= 0.6 is 11.6 Å². The molecule has 3 rings (SSSR count). The number of hydrogen-bond acceptors (Lipinski definition) is 3. The zero-order valence-corrected chi connectivity index (χ0v) is 7.82. The zero-order valence-electron chi connectivity index (χ0n) is 7.07. The third kappa shape index (κ3) is 0.930. The summed E-state index contributed by atoms with van der Waals surface area (Å²) < 4.78 is 5.48. The molecule has 3 aromatic rings. The molecule has 14 heavy (non-hydrogen) atoms. The van der Waals surface area contributed by atoms with Crippen molar-refractivity contribution < 1.29 is 4.42 Å². The van der Waals surface area contributed by atoms with Gasteiger partial charge in [-0.05, 0) is 18.2 Å². The van der Waals surface area contributed by atoms with Gasteiger partial charge < -0.3 is 4.42 Å². The van der Waals surface area contributed by atoms with E-state index in [1.165, 1.54) is 0 Å². The van der Waals surface area contributed by atoms with E-state index >= 15 is 0 Å². The van der Waals surface area contributed by atoms with Gasteiger partial charge in [0.15, 0.2) is 5.58 Å². The lowest BCUT2D eigenvalue weighted by Gasteiger charge is -1.88. The van der Waals surface area contributed by atoms with Crippen molar-refractivity contribution in [3.05, 3.63) is 35.6 Å². The van der Waals surface area contributed by atoms with Gasteiger partial charge in [-0.3, -0.25) is 4.98 Å². The molecule has 0 amide bonds. The Morgan fingerprint density at radius 1 is 1.14 bits per heavy atom. The average molecular weight is 205 g/mol. The van der Waals surface area contributed by atoms with Gasteiger partial charge >= 0.3 is 0 Å². The molecule has 3 nitrogen and oxygen atoms in total. The van der Waals surface area contributed by atoms with Crippen molar-refractivity contribution in [1.82, 2.24) is 9.97 Å². The number of aromatic nitrogens is 2. The van der Waals surface area contributed by atoms with Crippen LogP contribution in [0.25, 0.3) is 22.2 Å². The molecule has 0 saturated heterocycles. The van der Waals surface area contributed by atoms with E-state index in [2.05, 4.69) is 9.97 Å². The molecule has 4 heteroatoms. The molecule has 0 aliphatic carbocycles. The molecule has 0 aliphatic rings. The van der Waals surface area contributed by atoms with Gasteiger partial charge in [-0.2, -0.15) is 0 Å². The van der Waals surface area contributed by atoms with Crippen molar-refractivity contribution in [2.24, 2.45) is 0 Å². The first-order chi connectivity index (χ1) is 6.86. The number of furan rings is 1. The van der Waals surface area contributed by atoms with Crippen molar-refractivity contribution in [3.8, 4) is 0 Å². The largest absolute Gasteiger partial charge is 0.434 e. The van der Waals surface area contributed by atoms with Crippen molar-refractivity contribution in [1.29, 1.82) is 0 Å². The Labute approximate surface area is 84.3 Å². The van der Waals surface area contributed by atoms with Crippen LogP contribution in [0.1, 0.15) is 0 Å². The summed E-state index contributed by atoms with van der Waals surface area (Å²) in [6.45, 7) is 0. The highest BCUT2D eigenvalue weighted by atomic mass is 35.5. The van der Waals surface area contributed by atoms with E-state index in [9.17, 15) is 0 Å². The highest BCUT2D eigenvalue weighted by Gasteiger charge is 2.10. The van der Waals surface area contributed by atoms with E-state index in [-0.39, 0.29) is 0 Å². The van der Waals surface area contributed by atoms with Crippen LogP contribution in [0.2, 0.25) is 5.02 Å². The van der Waals surface area contributed by atoms with Crippen molar-refractivity contribution >= 4 is 33.8 Å². The van der Waals surface area contributed by atoms with Gasteiger partial charge in [-0.25, -0.2) is 4.98 Å². The molecule has 0 spiro atoms. The van der Waals surface area contributed by atoms with E-state index < -0.39 is 0 Å². The Bertz CT molecular complexity index is 618. The predicted octanol–water partition coefficient (Wildman–Crippen LogP) is 3.03. The van der Waals surface area contributed by atoms with Crippen LogP contribution in [0, 0.1) is 0 Å². The molecule has 0 unspecified atom stereocenters. The maximum atomic E-state index is 5.97. The highest BCUT2D eigenvalue weighted by molar-refractivity contribution is 6.35. The Kier molecular flexibility index (Phi) is 1.49. The zero-order chi connectivity index (χ0) is 9.54. The maximum Gasteiger partial charge on any atom is 0.229 e. The number of fused-ring (bicyclic) bond motifs is 3. The van der Waals surface area contributed by atoms with Crippen molar-refractivity contribution in [2.45, 2.75) is 0 Å². The number of rotatable bonds is 0. The highest BCUT2D eigenvalue weighted by Crippen LogP contribution is 2.29. The quantitative estimate of drug-likeness (QED) is 0.565. The maximum absolute atomic E-state index is 5.97. The van der Waals surface area contributed by atoms with E-state index in [0.717, 1.165) is 10.9 Å². The summed E-state index contributed by atoms with van der Waals surface area (Å²) in [7, 11) is 0. The number of pyridine rings is 2. The summed E-state index contributed by atoms with van der Waals surface area (Å²) in [4.78, 5) is 8.31. The lowest BCUT2D eigenvalue weighted by atomic mass is 10.3. The van der Waals surface area contributed by atoms with Crippen LogP contribution in [-0.4, -0.2) is 9.97 Å².